The molecule has 0 bridgehead atoms. The van der Waals surface area contributed by atoms with Gasteiger partial charge in [-0.25, -0.2) is 0 Å². The molecule has 3 fully saturated rings. The van der Waals surface area contributed by atoms with Crippen molar-refractivity contribution in [2.75, 3.05) is 7.11 Å². The second-order valence-electron chi connectivity index (χ2n) is 13.7. The van der Waals surface area contributed by atoms with Crippen LogP contribution in [-0.4, -0.2) is 25.2 Å². The van der Waals surface area contributed by atoms with Gasteiger partial charge in [0.2, 0.25) is 0 Å². The monoisotopic (exact) mass is 486 g/mol. The molecule has 1 aliphatic heterocycles. The first-order chi connectivity index (χ1) is 16.4. The minimum Gasteiger partial charge on any atom is -0.469 e. The molecule has 1 saturated heterocycles. The van der Waals surface area contributed by atoms with Gasteiger partial charge in [-0.3, -0.25) is 9.59 Å². The highest BCUT2D eigenvalue weighted by Gasteiger charge is 2.63. The summed E-state index contributed by atoms with van der Waals surface area (Å²) in [6.45, 7) is 16.7. The third-order valence-electron chi connectivity index (χ3n) is 11.8. The number of esters is 2. The number of hydrogen-bond acceptors (Lipinski definition) is 4. The number of methoxy groups -OCH3 is 1. The summed E-state index contributed by atoms with van der Waals surface area (Å²) in [5.74, 6) is 2.94. The van der Waals surface area contributed by atoms with Crippen LogP contribution < -0.4 is 0 Å². The van der Waals surface area contributed by atoms with Crippen LogP contribution in [-0.2, 0) is 19.1 Å². The lowest BCUT2D eigenvalue weighted by atomic mass is 9.44. The SMILES string of the molecule is COC(=O)CC[C@]1(C)[C@@H]2CC[C@]3(C)[C@@H]([C@H](C)C[C@@H]4C[C@@H](C)C(=O)O4)CC[C@@]3(C)C2=CC[C@H]1C(C)C. The molecule has 0 unspecified atom stereocenters. The smallest absolute Gasteiger partial charge is 0.309 e. The number of ether oxygens (including phenoxy) is 2. The quantitative estimate of drug-likeness (QED) is 0.279. The third-order valence-corrected chi connectivity index (χ3v) is 11.8. The minimum atomic E-state index is -0.0756. The van der Waals surface area contributed by atoms with Gasteiger partial charge in [-0.05, 0) is 97.2 Å². The average Bonchev–Trinajstić information content (AvgIpc) is 3.26. The second kappa shape index (κ2) is 9.53. The Morgan fingerprint density at radius 2 is 1.86 bits per heavy atom. The Kier molecular flexibility index (Phi) is 7.28. The summed E-state index contributed by atoms with van der Waals surface area (Å²) in [7, 11) is 1.51. The Bertz CT molecular complexity index is 860. The summed E-state index contributed by atoms with van der Waals surface area (Å²) >= 11 is 0. The van der Waals surface area contributed by atoms with E-state index < -0.39 is 0 Å². The van der Waals surface area contributed by atoms with E-state index in [1.54, 1.807) is 5.57 Å². The van der Waals surface area contributed by atoms with Crippen molar-refractivity contribution in [3.8, 4) is 0 Å². The molecule has 4 aliphatic rings. The maximum Gasteiger partial charge on any atom is 0.309 e. The fourth-order valence-corrected chi connectivity index (χ4v) is 9.53. The molecule has 4 rings (SSSR count). The highest BCUT2D eigenvalue weighted by atomic mass is 16.6. The Hall–Kier alpha value is -1.32. The van der Waals surface area contributed by atoms with Crippen molar-refractivity contribution in [1.29, 1.82) is 0 Å². The summed E-state index contributed by atoms with van der Waals surface area (Å²) in [5, 5.41) is 0. The van der Waals surface area contributed by atoms with Crippen LogP contribution in [0.5, 0.6) is 0 Å². The van der Waals surface area contributed by atoms with Crippen LogP contribution in [0.1, 0.15) is 106 Å². The molecule has 9 atom stereocenters. The van der Waals surface area contributed by atoms with E-state index in [0.29, 0.717) is 36.0 Å². The molecule has 35 heavy (non-hydrogen) atoms. The van der Waals surface area contributed by atoms with Gasteiger partial charge in [0, 0.05) is 6.42 Å². The van der Waals surface area contributed by atoms with Crippen molar-refractivity contribution >= 4 is 11.9 Å². The van der Waals surface area contributed by atoms with E-state index in [0.717, 1.165) is 25.7 Å². The Morgan fingerprint density at radius 3 is 2.46 bits per heavy atom. The first kappa shape index (κ1) is 26.7. The van der Waals surface area contributed by atoms with Gasteiger partial charge in [0.25, 0.3) is 0 Å². The first-order valence-electron chi connectivity index (χ1n) is 14.3. The third kappa shape index (κ3) is 4.29. The van der Waals surface area contributed by atoms with Crippen LogP contribution in [0.15, 0.2) is 11.6 Å². The fourth-order valence-electron chi connectivity index (χ4n) is 9.53. The van der Waals surface area contributed by atoms with Crippen molar-refractivity contribution in [3.63, 3.8) is 0 Å². The summed E-state index contributed by atoms with van der Waals surface area (Å²) in [5.41, 5.74) is 2.32. The summed E-state index contributed by atoms with van der Waals surface area (Å²) < 4.78 is 10.8. The Balaban J connectivity index is 1.58. The topological polar surface area (TPSA) is 52.6 Å². The number of hydrogen-bond donors (Lipinski definition) is 0. The zero-order chi connectivity index (χ0) is 25.8. The molecule has 2 saturated carbocycles. The standard InChI is InChI=1S/C31H50O4/c1-19(2)23-9-10-26-25(29(23,5)14-13-27(32)34-8)12-16-30(6)24(11-15-31(26,30)7)20(3)17-22-18-21(4)28(33)35-22/h10,19-25H,9,11-18H2,1-8H3/t20-,21-,22-,23+,24-,25-,29+,30-,31+/m1/s1. The van der Waals surface area contributed by atoms with E-state index in [1.807, 2.05) is 6.92 Å². The molecule has 0 aromatic rings. The number of allylic oxidation sites excluding steroid dienone is 2. The number of fused-ring (bicyclic) bond motifs is 3. The first-order valence-corrected chi connectivity index (χ1v) is 14.3. The average molecular weight is 487 g/mol. The minimum absolute atomic E-state index is 0.0107. The van der Waals surface area contributed by atoms with Gasteiger partial charge in [0.15, 0.2) is 0 Å². The lowest BCUT2D eigenvalue weighted by Crippen LogP contribution is -2.52. The van der Waals surface area contributed by atoms with Gasteiger partial charge in [0.1, 0.15) is 6.10 Å². The Morgan fingerprint density at radius 1 is 1.14 bits per heavy atom. The predicted octanol–water partition coefficient (Wildman–Crippen LogP) is 7.36. The van der Waals surface area contributed by atoms with Crippen LogP contribution in [0.4, 0.5) is 0 Å². The van der Waals surface area contributed by atoms with E-state index >= 15 is 0 Å². The van der Waals surface area contributed by atoms with Crippen molar-refractivity contribution in [1.82, 2.24) is 0 Å². The molecule has 1 heterocycles. The van der Waals surface area contributed by atoms with Crippen LogP contribution in [0, 0.1) is 51.8 Å². The van der Waals surface area contributed by atoms with Gasteiger partial charge in [0.05, 0.1) is 13.0 Å². The molecular weight excluding hydrogens is 436 g/mol. The van der Waals surface area contributed by atoms with Gasteiger partial charge in [-0.1, -0.05) is 60.1 Å². The van der Waals surface area contributed by atoms with Crippen LogP contribution in [0.2, 0.25) is 0 Å². The molecular formula is C31H50O4. The molecule has 4 heteroatoms. The molecule has 0 aromatic carbocycles. The Labute approximate surface area is 214 Å². The van der Waals surface area contributed by atoms with E-state index in [4.69, 9.17) is 9.47 Å². The highest BCUT2D eigenvalue weighted by molar-refractivity contribution is 5.74. The number of carbonyl (C=O) groups excluding carboxylic acids is 2. The largest absolute Gasteiger partial charge is 0.469 e. The lowest BCUT2D eigenvalue weighted by Gasteiger charge is -2.61. The van der Waals surface area contributed by atoms with Gasteiger partial charge in [-0.2, -0.15) is 0 Å². The van der Waals surface area contributed by atoms with Crippen molar-refractivity contribution in [2.45, 2.75) is 112 Å². The molecule has 0 radical (unpaired) electrons. The number of carbonyl (C=O) groups is 2. The number of cyclic esters (lactones) is 1. The van der Waals surface area contributed by atoms with E-state index in [-0.39, 0.29) is 40.2 Å². The molecule has 0 N–H and O–H groups in total. The second-order valence-corrected chi connectivity index (χ2v) is 13.7. The van der Waals surface area contributed by atoms with Gasteiger partial charge >= 0.3 is 11.9 Å². The van der Waals surface area contributed by atoms with E-state index in [1.165, 1.54) is 32.8 Å². The molecule has 4 nitrogen and oxygen atoms in total. The lowest BCUT2D eigenvalue weighted by molar-refractivity contribution is -0.145. The van der Waals surface area contributed by atoms with E-state index in [2.05, 4.69) is 47.6 Å². The summed E-state index contributed by atoms with van der Waals surface area (Å²) in [4.78, 5) is 24.1. The normalized spacial score (nSPS) is 43.9. The molecule has 3 aliphatic carbocycles. The zero-order valence-electron chi connectivity index (χ0n) is 23.6. The fraction of sp³-hybridized carbons (Fsp3) is 0.871. The van der Waals surface area contributed by atoms with E-state index in [9.17, 15) is 9.59 Å². The van der Waals surface area contributed by atoms with Crippen molar-refractivity contribution in [3.05, 3.63) is 11.6 Å². The van der Waals surface area contributed by atoms with Crippen LogP contribution in [0.25, 0.3) is 0 Å². The van der Waals surface area contributed by atoms with Crippen molar-refractivity contribution in [2.24, 2.45) is 51.8 Å². The van der Waals surface area contributed by atoms with Crippen LogP contribution >= 0.6 is 0 Å². The molecule has 198 valence electrons. The summed E-state index contributed by atoms with van der Waals surface area (Å²) in [6.07, 6.45) is 12.2. The predicted molar refractivity (Wildman–Crippen MR) is 139 cm³/mol. The molecule has 0 amide bonds. The van der Waals surface area contributed by atoms with Crippen LogP contribution in [0.3, 0.4) is 0 Å². The van der Waals surface area contributed by atoms with Gasteiger partial charge < -0.3 is 9.47 Å². The highest BCUT2D eigenvalue weighted by Crippen LogP contribution is 2.72. The maximum atomic E-state index is 12.2. The van der Waals surface area contributed by atoms with Crippen molar-refractivity contribution < 1.29 is 19.1 Å². The summed E-state index contributed by atoms with van der Waals surface area (Å²) in [6, 6.07) is 0. The maximum absolute atomic E-state index is 12.2. The number of rotatable bonds is 7. The molecule has 0 aromatic heterocycles. The zero-order valence-corrected chi connectivity index (χ0v) is 23.6. The van der Waals surface area contributed by atoms with Gasteiger partial charge in [-0.15, -0.1) is 0 Å². The molecule has 0 spiro atoms.